The highest BCUT2D eigenvalue weighted by Crippen LogP contribution is 2.28. The third-order valence-corrected chi connectivity index (χ3v) is 6.48. The average molecular weight is 366 g/mol. The minimum Gasteiger partial charge on any atom is -0.368 e. The van der Waals surface area contributed by atoms with Crippen molar-refractivity contribution in [1.29, 1.82) is 0 Å². The van der Waals surface area contributed by atoms with Gasteiger partial charge in [-0.2, -0.15) is 0 Å². The van der Waals surface area contributed by atoms with Crippen LogP contribution in [0.1, 0.15) is 16.7 Å². The van der Waals surface area contributed by atoms with E-state index in [-0.39, 0.29) is 0 Å². The van der Waals surface area contributed by atoms with Gasteiger partial charge < -0.3 is 9.80 Å². The number of aryl methyl sites for hydroxylation is 2. The summed E-state index contributed by atoms with van der Waals surface area (Å²) in [5.41, 5.74) is 5.42. The molecular formula is C22H27N3S. The number of hydrogen-bond donors (Lipinski definition) is 0. The molecule has 2 aliphatic rings. The van der Waals surface area contributed by atoms with Crippen LogP contribution in [-0.2, 0) is 6.42 Å². The van der Waals surface area contributed by atoms with E-state index in [0.29, 0.717) is 5.25 Å². The van der Waals surface area contributed by atoms with E-state index >= 15 is 0 Å². The normalized spacial score (nSPS) is 20.4. The van der Waals surface area contributed by atoms with Gasteiger partial charge in [-0.15, -0.1) is 0 Å². The molecule has 26 heavy (non-hydrogen) atoms. The fourth-order valence-electron chi connectivity index (χ4n) is 3.58. The van der Waals surface area contributed by atoms with E-state index in [9.17, 15) is 0 Å². The van der Waals surface area contributed by atoms with Crippen molar-refractivity contribution in [3.8, 4) is 0 Å². The Morgan fingerprint density at radius 2 is 1.42 bits per heavy atom. The summed E-state index contributed by atoms with van der Waals surface area (Å²) in [6, 6.07) is 17.8. The Hall–Kier alpha value is -1.94. The molecule has 4 heteroatoms. The molecule has 0 radical (unpaired) electrons. The van der Waals surface area contributed by atoms with Gasteiger partial charge in [0.2, 0.25) is 0 Å². The first-order chi connectivity index (χ1) is 12.7. The van der Waals surface area contributed by atoms with Crippen molar-refractivity contribution in [1.82, 2.24) is 4.90 Å². The molecule has 3 nitrogen and oxygen atoms in total. The zero-order valence-corrected chi connectivity index (χ0v) is 16.5. The van der Waals surface area contributed by atoms with Crippen LogP contribution >= 0.6 is 11.8 Å². The maximum atomic E-state index is 4.85. The molecule has 2 heterocycles. The van der Waals surface area contributed by atoms with E-state index in [2.05, 4.69) is 72.2 Å². The van der Waals surface area contributed by atoms with Crippen molar-refractivity contribution in [2.45, 2.75) is 25.5 Å². The smallest absolute Gasteiger partial charge is 0.159 e. The van der Waals surface area contributed by atoms with Crippen molar-refractivity contribution in [2.75, 3.05) is 37.6 Å². The van der Waals surface area contributed by atoms with E-state index in [0.717, 1.165) is 39.1 Å². The number of benzene rings is 2. The molecule has 0 N–H and O–H groups in total. The Morgan fingerprint density at radius 1 is 0.846 bits per heavy atom. The summed E-state index contributed by atoms with van der Waals surface area (Å²) in [5, 5.41) is 1.84. The van der Waals surface area contributed by atoms with Gasteiger partial charge in [-0.25, -0.2) is 0 Å². The summed E-state index contributed by atoms with van der Waals surface area (Å²) < 4.78 is 0. The number of aliphatic imine (C=N–C) groups is 1. The van der Waals surface area contributed by atoms with Gasteiger partial charge in [-0.05, 0) is 38.0 Å². The molecule has 0 bridgehead atoms. The van der Waals surface area contributed by atoms with Crippen molar-refractivity contribution in [3.63, 3.8) is 0 Å². The summed E-state index contributed by atoms with van der Waals surface area (Å²) >= 11 is 1.97. The summed E-state index contributed by atoms with van der Waals surface area (Å²) in [6.07, 6.45) is 1.11. The Kier molecular flexibility index (Phi) is 5.21. The van der Waals surface area contributed by atoms with Gasteiger partial charge in [0.05, 0.1) is 6.54 Å². The van der Waals surface area contributed by atoms with Crippen molar-refractivity contribution >= 4 is 22.6 Å². The minimum absolute atomic E-state index is 0.586. The van der Waals surface area contributed by atoms with Crippen LogP contribution in [0, 0.1) is 13.8 Å². The molecule has 4 rings (SSSR count). The molecule has 0 aromatic heterocycles. The first-order valence-corrected chi connectivity index (χ1v) is 10.4. The average Bonchev–Trinajstić information content (AvgIpc) is 3.13. The van der Waals surface area contributed by atoms with Gasteiger partial charge in [0, 0.05) is 37.1 Å². The highest BCUT2D eigenvalue weighted by atomic mass is 32.2. The van der Waals surface area contributed by atoms with Crippen LogP contribution in [-0.4, -0.2) is 48.0 Å². The maximum absolute atomic E-state index is 4.85. The van der Waals surface area contributed by atoms with Gasteiger partial charge >= 0.3 is 0 Å². The Morgan fingerprint density at radius 3 is 2.08 bits per heavy atom. The fourth-order valence-corrected chi connectivity index (χ4v) is 4.79. The highest BCUT2D eigenvalue weighted by molar-refractivity contribution is 8.14. The molecule has 0 amide bonds. The number of nitrogens with zero attached hydrogens (tertiary/aromatic N) is 3. The maximum Gasteiger partial charge on any atom is 0.159 e. The van der Waals surface area contributed by atoms with E-state index < -0.39 is 0 Å². The first-order valence-electron chi connectivity index (χ1n) is 9.50. The lowest BCUT2D eigenvalue weighted by Crippen LogP contribution is -2.47. The monoisotopic (exact) mass is 365 g/mol. The van der Waals surface area contributed by atoms with Crippen LogP contribution in [0.2, 0.25) is 0 Å². The fraction of sp³-hybridized carbons (Fsp3) is 0.409. The van der Waals surface area contributed by atoms with Crippen LogP contribution in [0.5, 0.6) is 0 Å². The van der Waals surface area contributed by atoms with Crippen LogP contribution in [0.25, 0.3) is 0 Å². The number of rotatable bonds is 3. The molecule has 0 unspecified atom stereocenters. The number of thioether (sulfide) groups is 1. The van der Waals surface area contributed by atoms with Crippen LogP contribution in [0.15, 0.2) is 53.5 Å². The number of amidine groups is 1. The lowest BCUT2D eigenvalue weighted by Gasteiger charge is -2.37. The van der Waals surface area contributed by atoms with Gasteiger partial charge in [-0.3, -0.25) is 4.99 Å². The van der Waals surface area contributed by atoms with Gasteiger partial charge in [0.15, 0.2) is 5.17 Å². The summed E-state index contributed by atoms with van der Waals surface area (Å²) in [7, 11) is 0. The standard InChI is InChI=1S/C22H27N3S/c1-17-3-7-19(8-4-17)15-21-16-23-22(26-21)25-13-11-24(12-14-25)20-9-5-18(2)6-10-20/h3-10,21H,11-16H2,1-2H3/t21-/m0/s1. The second kappa shape index (κ2) is 7.75. The number of anilines is 1. The van der Waals surface area contributed by atoms with Crippen molar-refractivity contribution in [2.24, 2.45) is 4.99 Å². The lowest BCUT2D eigenvalue weighted by atomic mass is 10.1. The van der Waals surface area contributed by atoms with E-state index in [1.165, 1.54) is 27.5 Å². The topological polar surface area (TPSA) is 18.8 Å². The molecule has 2 aromatic rings. The third-order valence-electron chi connectivity index (χ3n) is 5.24. The first kappa shape index (κ1) is 17.5. The molecule has 1 fully saturated rings. The molecule has 1 saturated heterocycles. The van der Waals surface area contributed by atoms with Crippen LogP contribution in [0.3, 0.4) is 0 Å². The molecule has 1 atom stereocenters. The predicted molar refractivity (Wildman–Crippen MR) is 114 cm³/mol. The zero-order valence-electron chi connectivity index (χ0n) is 15.7. The van der Waals surface area contributed by atoms with E-state index in [1.807, 2.05) is 11.8 Å². The van der Waals surface area contributed by atoms with Crippen LogP contribution in [0.4, 0.5) is 5.69 Å². The van der Waals surface area contributed by atoms with Crippen molar-refractivity contribution < 1.29 is 0 Å². The SMILES string of the molecule is Cc1ccc(C[C@H]2CN=C(N3CCN(c4ccc(C)cc4)CC3)S2)cc1. The molecule has 0 spiro atoms. The van der Waals surface area contributed by atoms with E-state index in [4.69, 9.17) is 4.99 Å². The molecule has 2 aliphatic heterocycles. The lowest BCUT2D eigenvalue weighted by molar-refractivity contribution is 0.392. The van der Waals surface area contributed by atoms with Gasteiger partial charge in [-0.1, -0.05) is 59.3 Å². The largest absolute Gasteiger partial charge is 0.368 e. The Labute approximate surface area is 161 Å². The second-order valence-electron chi connectivity index (χ2n) is 7.36. The van der Waals surface area contributed by atoms with Gasteiger partial charge in [0.25, 0.3) is 0 Å². The molecule has 0 saturated carbocycles. The Bertz CT molecular complexity index is 759. The summed E-state index contributed by atoms with van der Waals surface area (Å²) in [5.74, 6) is 0. The number of piperazine rings is 1. The molecular weight excluding hydrogens is 338 g/mol. The summed E-state index contributed by atoms with van der Waals surface area (Å²) in [6.45, 7) is 9.52. The second-order valence-corrected chi connectivity index (χ2v) is 8.63. The minimum atomic E-state index is 0.586. The molecule has 0 aliphatic carbocycles. The third kappa shape index (κ3) is 4.07. The number of hydrogen-bond acceptors (Lipinski definition) is 4. The summed E-state index contributed by atoms with van der Waals surface area (Å²) in [4.78, 5) is 9.81. The predicted octanol–water partition coefficient (Wildman–Crippen LogP) is 4.14. The van der Waals surface area contributed by atoms with Crippen LogP contribution < -0.4 is 4.90 Å². The quantitative estimate of drug-likeness (QED) is 0.815. The van der Waals surface area contributed by atoms with Gasteiger partial charge in [0.1, 0.15) is 0 Å². The van der Waals surface area contributed by atoms with E-state index in [1.54, 1.807) is 0 Å². The van der Waals surface area contributed by atoms with Crippen molar-refractivity contribution in [3.05, 3.63) is 65.2 Å². The highest BCUT2D eigenvalue weighted by Gasteiger charge is 2.26. The zero-order chi connectivity index (χ0) is 17.9. The Balaban J connectivity index is 1.28. The molecule has 2 aromatic carbocycles. The molecule has 136 valence electrons.